The Hall–Kier alpha value is -3.02. The first-order chi connectivity index (χ1) is 16.5. The van der Waals surface area contributed by atoms with Crippen molar-refractivity contribution in [2.75, 3.05) is 0 Å². The number of aromatic nitrogens is 1. The third kappa shape index (κ3) is 3.64. The van der Waals surface area contributed by atoms with Crippen LogP contribution in [-0.2, 0) is 12.6 Å². The van der Waals surface area contributed by atoms with Crippen molar-refractivity contribution in [3.63, 3.8) is 0 Å². The summed E-state index contributed by atoms with van der Waals surface area (Å²) in [7, 11) is -0.350. The molecule has 0 radical (unpaired) electrons. The molecule has 168 valence electrons. The Labute approximate surface area is 203 Å². The Morgan fingerprint density at radius 1 is 0.735 bits per heavy atom. The molecule has 0 aliphatic carbocycles. The summed E-state index contributed by atoms with van der Waals surface area (Å²) in [4.78, 5) is 4.76. The van der Waals surface area contributed by atoms with E-state index in [0.29, 0.717) is 5.66 Å². The third-order valence-corrected chi connectivity index (χ3v) is 10.9. The quantitative estimate of drug-likeness (QED) is 0.240. The number of pyridine rings is 1. The first-order valence-electron chi connectivity index (χ1n) is 12.2. The molecule has 0 unspecified atom stereocenters. The second-order valence-corrected chi connectivity index (χ2v) is 13.6. The van der Waals surface area contributed by atoms with E-state index in [2.05, 4.69) is 106 Å². The Balaban J connectivity index is 1.72. The second-order valence-electron chi connectivity index (χ2n) is 10.4. The van der Waals surface area contributed by atoms with Crippen LogP contribution in [-0.4, -0.2) is 10.1 Å². The molecule has 0 bridgehead atoms. The Morgan fingerprint density at radius 3 is 2.06 bits per heavy atom. The van der Waals surface area contributed by atoms with E-state index in [-0.39, 0.29) is 13.1 Å². The van der Waals surface area contributed by atoms with Gasteiger partial charge in [0, 0.05) is 24.0 Å². The summed E-state index contributed by atoms with van der Waals surface area (Å²) in [5.74, 6) is 0. The van der Waals surface area contributed by atoms with Crippen molar-refractivity contribution in [3.8, 4) is 11.1 Å². The normalized spacial score (nSPS) is 17.9. The topological polar surface area (TPSA) is 12.9 Å². The highest BCUT2D eigenvalue weighted by Gasteiger charge is 2.38. The third-order valence-electron chi connectivity index (χ3n) is 7.29. The van der Waals surface area contributed by atoms with Gasteiger partial charge in [-0.2, -0.15) is 0 Å². The standard InChI is InChI=1S/C32H30NP/c1-32(2,3)34-21-24-16-15-22-10-4-6-13-26(22)30(24)31-27-14-7-5-11-23(27)17-18-28(31)29(34)20-25-12-8-9-19-33-25/h4-19,29H,20-21H2,1-3H3/t29-,34-/m1/s1. The van der Waals surface area contributed by atoms with E-state index in [4.69, 9.17) is 4.98 Å². The van der Waals surface area contributed by atoms with E-state index in [0.717, 1.165) is 12.6 Å². The van der Waals surface area contributed by atoms with E-state index in [1.54, 1.807) is 0 Å². The van der Waals surface area contributed by atoms with Gasteiger partial charge in [-0.05, 0) is 67.2 Å². The summed E-state index contributed by atoms with van der Waals surface area (Å²) in [6.45, 7) is 7.32. The van der Waals surface area contributed by atoms with Gasteiger partial charge >= 0.3 is 0 Å². The van der Waals surface area contributed by atoms with Gasteiger partial charge in [-0.1, -0.05) is 108 Å². The molecule has 6 rings (SSSR count). The van der Waals surface area contributed by atoms with Gasteiger partial charge < -0.3 is 0 Å². The minimum atomic E-state index is -0.350. The lowest BCUT2D eigenvalue weighted by Crippen LogP contribution is -2.18. The molecule has 34 heavy (non-hydrogen) atoms. The van der Waals surface area contributed by atoms with Gasteiger partial charge in [0.2, 0.25) is 0 Å². The van der Waals surface area contributed by atoms with Gasteiger partial charge in [0.15, 0.2) is 0 Å². The first-order valence-corrected chi connectivity index (χ1v) is 13.8. The molecular weight excluding hydrogens is 429 g/mol. The maximum absolute atomic E-state index is 4.76. The second kappa shape index (κ2) is 8.33. The number of nitrogens with zero attached hydrogens (tertiary/aromatic N) is 1. The molecule has 5 aromatic rings. The van der Waals surface area contributed by atoms with Crippen LogP contribution in [0, 0.1) is 0 Å². The van der Waals surface area contributed by atoms with Crippen LogP contribution in [0.4, 0.5) is 0 Å². The predicted molar refractivity (Wildman–Crippen MR) is 148 cm³/mol. The number of benzene rings is 4. The average Bonchev–Trinajstić information content (AvgIpc) is 3.00. The zero-order chi connectivity index (χ0) is 23.3. The van der Waals surface area contributed by atoms with Crippen LogP contribution < -0.4 is 0 Å². The lowest BCUT2D eigenvalue weighted by molar-refractivity contribution is 0.749. The molecule has 4 aromatic carbocycles. The molecule has 1 aromatic heterocycles. The fraction of sp³-hybridized carbons (Fsp3) is 0.219. The van der Waals surface area contributed by atoms with Gasteiger partial charge in [-0.15, -0.1) is 0 Å². The molecule has 2 atom stereocenters. The van der Waals surface area contributed by atoms with Crippen LogP contribution in [0.2, 0.25) is 0 Å². The zero-order valence-electron chi connectivity index (χ0n) is 20.1. The minimum Gasteiger partial charge on any atom is -0.261 e. The molecule has 2 heterocycles. The fourth-order valence-corrected chi connectivity index (χ4v) is 8.91. The number of rotatable bonds is 2. The van der Waals surface area contributed by atoms with E-state index < -0.39 is 0 Å². The summed E-state index contributed by atoms with van der Waals surface area (Å²) >= 11 is 0. The average molecular weight is 460 g/mol. The molecule has 1 nitrogen and oxygen atoms in total. The van der Waals surface area contributed by atoms with E-state index >= 15 is 0 Å². The first kappa shape index (κ1) is 21.5. The van der Waals surface area contributed by atoms with Crippen molar-refractivity contribution in [1.29, 1.82) is 0 Å². The van der Waals surface area contributed by atoms with Crippen molar-refractivity contribution >= 4 is 29.5 Å². The van der Waals surface area contributed by atoms with E-state index in [1.165, 1.54) is 49.5 Å². The minimum absolute atomic E-state index is 0.227. The molecular formula is C32H30NP. The van der Waals surface area contributed by atoms with Gasteiger partial charge in [0.25, 0.3) is 0 Å². The molecule has 0 N–H and O–H groups in total. The summed E-state index contributed by atoms with van der Waals surface area (Å²) in [5.41, 5.74) is 7.54. The number of fused-ring (bicyclic) bond motifs is 7. The fourth-order valence-electron chi connectivity index (χ4n) is 5.69. The lowest BCUT2D eigenvalue weighted by Gasteiger charge is -2.38. The highest BCUT2D eigenvalue weighted by Crippen LogP contribution is 2.67. The number of hydrogen-bond donors (Lipinski definition) is 0. The van der Waals surface area contributed by atoms with Crippen molar-refractivity contribution in [2.24, 2.45) is 0 Å². The molecule has 0 fully saturated rings. The summed E-state index contributed by atoms with van der Waals surface area (Å²) in [5, 5.41) is 5.61. The Kier molecular flexibility index (Phi) is 5.27. The largest absolute Gasteiger partial charge is 0.261 e. The van der Waals surface area contributed by atoms with Crippen LogP contribution in [0.15, 0.2) is 97.2 Å². The predicted octanol–water partition coefficient (Wildman–Crippen LogP) is 9.13. The summed E-state index contributed by atoms with van der Waals surface area (Å²) in [6, 6.07) is 33.7. The van der Waals surface area contributed by atoms with Gasteiger partial charge in [-0.3, -0.25) is 4.98 Å². The summed E-state index contributed by atoms with van der Waals surface area (Å²) in [6.07, 6.45) is 4.07. The lowest BCUT2D eigenvalue weighted by atomic mass is 9.86. The Morgan fingerprint density at radius 2 is 1.38 bits per heavy atom. The van der Waals surface area contributed by atoms with Crippen LogP contribution in [0.1, 0.15) is 43.3 Å². The molecule has 0 saturated heterocycles. The molecule has 0 amide bonds. The zero-order valence-corrected chi connectivity index (χ0v) is 21.0. The number of hydrogen-bond acceptors (Lipinski definition) is 1. The van der Waals surface area contributed by atoms with Crippen LogP contribution >= 0.6 is 7.92 Å². The van der Waals surface area contributed by atoms with Gasteiger partial charge in [0.05, 0.1) is 0 Å². The molecule has 0 saturated carbocycles. The highest BCUT2D eigenvalue weighted by atomic mass is 31.1. The van der Waals surface area contributed by atoms with Gasteiger partial charge in [0.1, 0.15) is 0 Å². The van der Waals surface area contributed by atoms with E-state index in [9.17, 15) is 0 Å². The van der Waals surface area contributed by atoms with Crippen LogP contribution in [0.25, 0.3) is 32.7 Å². The monoisotopic (exact) mass is 459 g/mol. The maximum atomic E-state index is 4.76. The summed E-state index contributed by atoms with van der Waals surface area (Å²) < 4.78 is 0. The molecule has 0 spiro atoms. The van der Waals surface area contributed by atoms with Gasteiger partial charge in [-0.25, -0.2) is 0 Å². The van der Waals surface area contributed by atoms with Crippen molar-refractivity contribution in [2.45, 2.75) is 44.2 Å². The van der Waals surface area contributed by atoms with E-state index in [1.807, 2.05) is 12.3 Å². The van der Waals surface area contributed by atoms with Crippen molar-refractivity contribution in [1.82, 2.24) is 4.98 Å². The SMILES string of the molecule is CC(C)(C)[P@]1Cc2ccc3ccccc3c2-c2c(ccc3ccccc23)[C@H]1Cc1ccccn1. The maximum Gasteiger partial charge on any atom is 0.0413 e. The van der Waals surface area contributed by atoms with Crippen LogP contribution in [0.5, 0.6) is 0 Å². The smallest absolute Gasteiger partial charge is 0.0413 e. The molecule has 1 aliphatic rings. The van der Waals surface area contributed by atoms with Crippen molar-refractivity contribution in [3.05, 3.63) is 114 Å². The highest BCUT2D eigenvalue weighted by molar-refractivity contribution is 7.58. The molecule has 2 heteroatoms. The Bertz CT molecular complexity index is 1500. The van der Waals surface area contributed by atoms with Crippen LogP contribution in [0.3, 0.4) is 0 Å². The molecule has 1 aliphatic heterocycles. The van der Waals surface area contributed by atoms with Crippen molar-refractivity contribution < 1.29 is 0 Å².